The third-order valence-corrected chi connectivity index (χ3v) is 8.43. The highest BCUT2D eigenvalue weighted by atomic mass is 16.7. The zero-order valence-corrected chi connectivity index (χ0v) is 31.5. The second-order valence-corrected chi connectivity index (χ2v) is 13.2. The molecule has 0 atom stereocenters. The number of rotatable bonds is 33. The molecular formula is C41H74BNO4. The van der Waals surface area contributed by atoms with Crippen molar-refractivity contribution < 1.29 is 18.9 Å². The first kappa shape index (κ1) is 44.9. The number of carbonyl (C=O) groups excluding carboxylic acids is 2. The minimum absolute atomic E-state index is 0.0948. The Morgan fingerprint density at radius 3 is 1.19 bits per heavy atom. The molecule has 0 amide bonds. The topological polar surface area (TPSA) is 55.8 Å². The molecule has 0 aliphatic carbocycles. The molecule has 0 saturated carbocycles. The van der Waals surface area contributed by atoms with E-state index in [1.807, 2.05) is 25.6 Å². The second-order valence-electron chi connectivity index (χ2n) is 13.2. The molecule has 0 rings (SSSR count). The van der Waals surface area contributed by atoms with Crippen molar-refractivity contribution in [1.82, 2.24) is 4.81 Å². The van der Waals surface area contributed by atoms with Crippen LogP contribution in [0.5, 0.6) is 0 Å². The van der Waals surface area contributed by atoms with Crippen LogP contribution in [0, 0.1) is 0 Å². The molecule has 270 valence electrons. The average Bonchev–Trinajstić information content (AvgIpc) is 3.04. The first-order valence-corrected chi connectivity index (χ1v) is 19.7. The third kappa shape index (κ3) is 31.0. The Hall–Kier alpha value is -2.08. The van der Waals surface area contributed by atoms with Gasteiger partial charge in [-0.25, -0.2) is 0 Å². The minimum Gasteiger partial charge on any atom is -0.485 e. The molecule has 6 heteroatoms. The van der Waals surface area contributed by atoms with E-state index in [9.17, 15) is 9.59 Å². The van der Waals surface area contributed by atoms with Crippen LogP contribution in [0.3, 0.4) is 0 Å². The van der Waals surface area contributed by atoms with Crippen LogP contribution >= 0.6 is 0 Å². The predicted octanol–water partition coefficient (Wildman–Crippen LogP) is 12.4. The highest BCUT2D eigenvalue weighted by molar-refractivity contribution is 6.45. The molecule has 0 aromatic carbocycles. The molecule has 5 nitrogen and oxygen atoms in total. The quantitative estimate of drug-likeness (QED) is 0.0400. The van der Waals surface area contributed by atoms with E-state index < -0.39 is 7.25 Å². The van der Waals surface area contributed by atoms with Gasteiger partial charge in [0.25, 0.3) is 11.9 Å². The van der Waals surface area contributed by atoms with Gasteiger partial charge in [0.2, 0.25) is 0 Å². The van der Waals surface area contributed by atoms with Crippen molar-refractivity contribution >= 4 is 19.2 Å². The third-order valence-electron chi connectivity index (χ3n) is 8.43. The van der Waals surface area contributed by atoms with Crippen LogP contribution in [0.1, 0.15) is 189 Å². The molecule has 0 bridgehead atoms. The number of unbranched alkanes of at least 4 members (excludes halogenated alkanes) is 16. The van der Waals surface area contributed by atoms with Crippen LogP contribution in [0.25, 0.3) is 0 Å². The van der Waals surface area contributed by atoms with Crippen LogP contribution in [0.15, 0.2) is 48.6 Å². The van der Waals surface area contributed by atoms with Crippen molar-refractivity contribution in [3.05, 3.63) is 48.6 Å². The first-order valence-electron chi connectivity index (χ1n) is 19.7. The summed E-state index contributed by atoms with van der Waals surface area (Å²) in [6.07, 6.45) is 44.1. The normalized spacial score (nSPS) is 12.1. The number of nitrogens with zero attached hydrogens (tertiary/aromatic N) is 1. The van der Waals surface area contributed by atoms with Crippen LogP contribution in [0.4, 0.5) is 0 Å². The van der Waals surface area contributed by atoms with Gasteiger partial charge in [0.15, 0.2) is 0 Å². The maximum absolute atomic E-state index is 12.7. The summed E-state index contributed by atoms with van der Waals surface area (Å²) in [5.74, 6) is -0.575. The summed E-state index contributed by atoms with van der Waals surface area (Å²) in [6, 6.07) is 0.0948. The van der Waals surface area contributed by atoms with Crippen molar-refractivity contribution in [2.75, 3.05) is 6.54 Å². The molecule has 0 radical (unpaired) electrons. The SMILES string of the molecule is CCCCCC=CCC=CCCCCCCCC(=O)OB(OC(=O)CCCCCCCC=CCC=CCCCCC)N(CC)C(C)C. The molecule has 0 N–H and O–H groups in total. The van der Waals surface area contributed by atoms with E-state index >= 15 is 0 Å². The van der Waals surface area contributed by atoms with Crippen molar-refractivity contribution in [1.29, 1.82) is 0 Å². The van der Waals surface area contributed by atoms with E-state index in [4.69, 9.17) is 9.31 Å². The summed E-state index contributed by atoms with van der Waals surface area (Å²) in [4.78, 5) is 27.2. The van der Waals surface area contributed by atoms with Gasteiger partial charge >= 0.3 is 7.25 Å². The molecule has 0 aromatic rings. The van der Waals surface area contributed by atoms with E-state index in [2.05, 4.69) is 62.5 Å². The largest absolute Gasteiger partial charge is 0.705 e. The number of carbonyl (C=O) groups is 2. The zero-order chi connectivity index (χ0) is 34.6. The van der Waals surface area contributed by atoms with E-state index in [1.165, 1.54) is 77.0 Å². The van der Waals surface area contributed by atoms with Crippen molar-refractivity contribution in [3.8, 4) is 0 Å². The summed E-state index contributed by atoms with van der Waals surface area (Å²) in [7, 11) is -0.948. The highest BCUT2D eigenvalue weighted by Crippen LogP contribution is 2.13. The number of hydrogen-bond acceptors (Lipinski definition) is 5. The van der Waals surface area contributed by atoms with Crippen molar-refractivity contribution in [3.63, 3.8) is 0 Å². The predicted molar refractivity (Wildman–Crippen MR) is 204 cm³/mol. The zero-order valence-electron chi connectivity index (χ0n) is 31.5. The van der Waals surface area contributed by atoms with Gasteiger partial charge in [-0.2, -0.15) is 0 Å². The van der Waals surface area contributed by atoms with Crippen molar-refractivity contribution in [2.45, 2.75) is 195 Å². The van der Waals surface area contributed by atoms with Gasteiger partial charge in [0.1, 0.15) is 0 Å². The first-order chi connectivity index (χ1) is 23.0. The summed E-state index contributed by atoms with van der Waals surface area (Å²) in [5, 5.41) is 0. The Morgan fingerprint density at radius 1 is 0.511 bits per heavy atom. The van der Waals surface area contributed by atoms with Gasteiger partial charge in [-0.3, -0.25) is 14.4 Å². The Kier molecular flexibility index (Phi) is 33.7. The summed E-state index contributed by atoms with van der Waals surface area (Å²) in [5.41, 5.74) is 0. The van der Waals surface area contributed by atoms with Crippen LogP contribution in [0.2, 0.25) is 0 Å². The molecule has 0 fully saturated rings. The van der Waals surface area contributed by atoms with Gasteiger partial charge in [-0.05, 0) is 83.6 Å². The Bertz CT molecular complexity index is 775. The fourth-order valence-corrected chi connectivity index (χ4v) is 5.42. The summed E-state index contributed by atoms with van der Waals surface area (Å²) in [6.45, 7) is 11.2. The van der Waals surface area contributed by atoms with Gasteiger partial charge < -0.3 is 9.31 Å². The molecule has 0 saturated heterocycles. The maximum Gasteiger partial charge on any atom is 0.705 e. The highest BCUT2D eigenvalue weighted by Gasteiger charge is 2.37. The molecule has 0 unspecified atom stereocenters. The van der Waals surface area contributed by atoms with E-state index in [1.54, 1.807) is 0 Å². The Morgan fingerprint density at radius 2 is 0.851 bits per heavy atom. The summed E-state index contributed by atoms with van der Waals surface area (Å²) < 4.78 is 11.4. The monoisotopic (exact) mass is 656 g/mol. The molecular weight excluding hydrogens is 581 g/mol. The van der Waals surface area contributed by atoms with Gasteiger partial charge in [-0.15, -0.1) is 0 Å². The van der Waals surface area contributed by atoms with Crippen LogP contribution in [-0.4, -0.2) is 36.6 Å². The van der Waals surface area contributed by atoms with Crippen molar-refractivity contribution in [2.24, 2.45) is 0 Å². The Labute approximate surface area is 292 Å². The minimum atomic E-state index is -0.948. The molecule has 0 aromatic heterocycles. The van der Waals surface area contributed by atoms with E-state index in [-0.39, 0.29) is 18.0 Å². The van der Waals surface area contributed by atoms with Crippen LogP contribution < -0.4 is 0 Å². The van der Waals surface area contributed by atoms with Crippen LogP contribution in [-0.2, 0) is 18.9 Å². The lowest BCUT2D eigenvalue weighted by atomic mass is 10.00. The lowest BCUT2D eigenvalue weighted by Gasteiger charge is -2.28. The van der Waals surface area contributed by atoms with E-state index in [0.29, 0.717) is 19.4 Å². The maximum atomic E-state index is 12.7. The van der Waals surface area contributed by atoms with Gasteiger partial charge in [0.05, 0.1) is 0 Å². The molecule has 0 aliphatic rings. The summed E-state index contributed by atoms with van der Waals surface area (Å²) >= 11 is 0. The standard InChI is InChI=1S/C41H74BNO4/c1-6-9-11-13-15-17-19-21-23-25-27-29-31-33-35-37-40(44)46-42(43(8-3)39(4)5)47-41(45)38-36-34-32-30-28-26-24-22-20-18-16-14-12-10-7-2/h15-18,21-24,39H,6-14,19-20,25-38H2,1-5H3. The number of allylic oxidation sites excluding steroid dienone is 8. The second kappa shape index (κ2) is 35.2. The lowest BCUT2D eigenvalue weighted by Crippen LogP contribution is -2.50. The van der Waals surface area contributed by atoms with E-state index in [0.717, 1.165) is 64.2 Å². The number of hydrogen-bond donors (Lipinski definition) is 0. The van der Waals surface area contributed by atoms with Gasteiger partial charge in [0, 0.05) is 18.9 Å². The molecule has 0 spiro atoms. The lowest BCUT2D eigenvalue weighted by molar-refractivity contribution is -0.142. The molecule has 47 heavy (non-hydrogen) atoms. The smallest absolute Gasteiger partial charge is 0.485 e. The van der Waals surface area contributed by atoms with Gasteiger partial charge in [-0.1, -0.05) is 147 Å². The molecule has 0 aliphatic heterocycles. The average molecular weight is 656 g/mol. The fourth-order valence-electron chi connectivity index (χ4n) is 5.42. The molecule has 0 heterocycles. The fraction of sp³-hybridized carbons (Fsp3) is 0.756. The Balaban J connectivity index is 4.11.